The van der Waals surface area contributed by atoms with Gasteiger partial charge in [-0.15, -0.1) is 6.58 Å². The van der Waals surface area contributed by atoms with Gasteiger partial charge in [0.25, 0.3) is 0 Å². The highest BCUT2D eigenvalue weighted by Crippen LogP contribution is 2.28. The third-order valence-corrected chi connectivity index (χ3v) is 6.32. The summed E-state index contributed by atoms with van der Waals surface area (Å²) in [5, 5.41) is 1.79. The van der Waals surface area contributed by atoms with Crippen LogP contribution in [-0.4, -0.2) is 8.07 Å². The van der Waals surface area contributed by atoms with Crippen LogP contribution in [0.5, 0.6) is 0 Å². The minimum atomic E-state index is -1.06. The highest BCUT2D eigenvalue weighted by atomic mass is 28.3. The molecule has 0 nitrogen and oxygen atoms in total. The molecule has 0 heterocycles. The van der Waals surface area contributed by atoms with Crippen LogP contribution < -0.4 is 0 Å². The lowest BCUT2D eigenvalue weighted by Crippen LogP contribution is -2.28. The number of hydrogen-bond donors (Lipinski definition) is 0. The van der Waals surface area contributed by atoms with Crippen LogP contribution >= 0.6 is 0 Å². The Morgan fingerprint density at radius 3 is 2.75 bits per heavy atom. The lowest BCUT2D eigenvalue weighted by atomic mass is 10.1. The zero-order valence-electron chi connectivity index (χ0n) is 8.40. The van der Waals surface area contributed by atoms with E-state index in [9.17, 15) is 0 Å². The van der Waals surface area contributed by atoms with Gasteiger partial charge < -0.3 is 0 Å². The number of allylic oxidation sites excluding steroid dienone is 3. The van der Waals surface area contributed by atoms with Crippen LogP contribution in [0, 0.1) is 0 Å². The summed E-state index contributed by atoms with van der Waals surface area (Å²) in [5.41, 5.74) is 0. The molecule has 1 heteroatoms. The third kappa shape index (κ3) is 2.34. The molecule has 0 saturated carbocycles. The van der Waals surface area contributed by atoms with Crippen molar-refractivity contribution in [3.05, 3.63) is 23.9 Å². The normalized spacial score (nSPS) is 18.7. The largest absolute Gasteiger partial charge is 0.103 e. The van der Waals surface area contributed by atoms with Crippen molar-refractivity contribution in [1.29, 1.82) is 0 Å². The number of hydrogen-bond acceptors (Lipinski definition) is 0. The zero-order chi connectivity index (χ0) is 9.03. The van der Waals surface area contributed by atoms with Crippen molar-refractivity contribution < 1.29 is 0 Å². The van der Waals surface area contributed by atoms with Crippen molar-refractivity contribution in [1.82, 2.24) is 0 Å². The fourth-order valence-electron chi connectivity index (χ4n) is 1.94. The Hall–Kier alpha value is -0.303. The van der Waals surface area contributed by atoms with Gasteiger partial charge >= 0.3 is 0 Å². The van der Waals surface area contributed by atoms with E-state index in [0.717, 1.165) is 0 Å². The molecule has 12 heavy (non-hydrogen) atoms. The van der Waals surface area contributed by atoms with Crippen molar-refractivity contribution in [2.75, 3.05) is 0 Å². The first kappa shape index (κ1) is 9.78. The van der Waals surface area contributed by atoms with Gasteiger partial charge in [-0.1, -0.05) is 30.4 Å². The Balaban J connectivity index is 2.65. The number of rotatable bonds is 3. The highest BCUT2D eigenvalue weighted by molar-refractivity contribution is 6.84. The second kappa shape index (κ2) is 4.08. The van der Waals surface area contributed by atoms with E-state index in [0.29, 0.717) is 0 Å². The van der Waals surface area contributed by atoms with Gasteiger partial charge in [0.15, 0.2) is 0 Å². The second-order valence-electron chi connectivity index (χ2n) is 4.35. The Kier molecular flexibility index (Phi) is 3.33. The SMILES string of the molecule is C=CC[Si](C)(C)C1=CCCCC1. The van der Waals surface area contributed by atoms with Crippen molar-refractivity contribution in [3.63, 3.8) is 0 Å². The summed E-state index contributed by atoms with van der Waals surface area (Å²) < 4.78 is 0. The molecule has 0 saturated heterocycles. The summed E-state index contributed by atoms with van der Waals surface area (Å²) in [6, 6.07) is 1.25. The summed E-state index contributed by atoms with van der Waals surface area (Å²) >= 11 is 0. The van der Waals surface area contributed by atoms with Gasteiger partial charge in [-0.3, -0.25) is 0 Å². The second-order valence-corrected chi connectivity index (χ2v) is 9.17. The van der Waals surface area contributed by atoms with Gasteiger partial charge in [-0.25, -0.2) is 0 Å². The van der Waals surface area contributed by atoms with Gasteiger partial charge in [0.05, 0.1) is 8.07 Å². The first-order valence-electron chi connectivity index (χ1n) is 4.97. The zero-order valence-corrected chi connectivity index (χ0v) is 9.40. The smallest absolute Gasteiger partial charge is 0.0787 e. The molecule has 0 unspecified atom stereocenters. The molecule has 0 aromatic rings. The van der Waals surface area contributed by atoms with Crippen molar-refractivity contribution in [3.8, 4) is 0 Å². The minimum Gasteiger partial charge on any atom is -0.103 e. The monoisotopic (exact) mass is 180 g/mol. The predicted octanol–water partition coefficient (Wildman–Crippen LogP) is 3.92. The van der Waals surface area contributed by atoms with Gasteiger partial charge in [-0.2, -0.15) is 0 Å². The molecule has 68 valence electrons. The standard InChI is InChI=1S/C11H20Si/c1-4-10-12(2,3)11-8-6-5-7-9-11/h4,8H,1,5-7,9-10H2,2-3H3. The maximum atomic E-state index is 3.85. The Morgan fingerprint density at radius 1 is 1.50 bits per heavy atom. The molecule has 0 bridgehead atoms. The van der Waals surface area contributed by atoms with Crippen molar-refractivity contribution >= 4 is 8.07 Å². The van der Waals surface area contributed by atoms with Crippen molar-refractivity contribution in [2.24, 2.45) is 0 Å². The van der Waals surface area contributed by atoms with Gasteiger partial charge in [-0.05, 0) is 31.7 Å². The van der Waals surface area contributed by atoms with Crippen LogP contribution in [0.3, 0.4) is 0 Å². The highest BCUT2D eigenvalue weighted by Gasteiger charge is 2.24. The van der Waals surface area contributed by atoms with E-state index in [1.165, 1.54) is 31.7 Å². The lowest BCUT2D eigenvalue weighted by molar-refractivity contribution is 0.717. The van der Waals surface area contributed by atoms with E-state index >= 15 is 0 Å². The van der Waals surface area contributed by atoms with E-state index in [4.69, 9.17) is 0 Å². The maximum Gasteiger partial charge on any atom is 0.0787 e. The molecule has 0 aromatic heterocycles. The molecule has 1 aliphatic carbocycles. The summed E-state index contributed by atoms with van der Waals surface area (Å²) in [7, 11) is -1.06. The maximum absolute atomic E-state index is 3.85. The fraction of sp³-hybridized carbons (Fsp3) is 0.636. The Labute approximate surface area is 77.4 Å². The molecule has 0 aliphatic heterocycles. The topological polar surface area (TPSA) is 0 Å². The molecule has 1 aliphatic rings. The third-order valence-electron chi connectivity index (χ3n) is 2.81. The predicted molar refractivity (Wildman–Crippen MR) is 59.0 cm³/mol. The van der Waals surface area contributed by atoms with E-state index in [1.807, 2.05) is 0 Å². The van der Waals surface area contributed by atoms with Gasteiger partial charge in [0, 0.05) is 0 Å². The van der Waals surface area contributed by atoms with Crippen LogP contribution in [0.25, 0.3) is 0 Å². The van der Waals surface area contributed by atoms with E-state index in [1.54, 1.807) is 5.20 Å². The quantitative estimate of drug-likeness (QED) is 0.456. The molecule has 1 rings (SSSR count). The van der Waals surface area contributed by atoms with E-state index in [-0.39, 0.29) is 0 Å². The average Bonchev–Trinajstić information content (AvgIpc) is 2.06. The van der Waals surface area contributed by atoms with E-state index < -0.39 is 8.07 Å². The summed E-state index contributed by atoms with van der Waals surface area (Å²) in [6.07, 6.45) is 10.1. The van der Waals surface area contributed by atoms with Gasteiger partial charge in [0.1, 0.15) is 0 Å². The summed E-state index contributed by atoms with van der Waals surface area (Å²) in [4.78, 5) is 0. The minimum absolute atomic E-state index is 1.06. The first-order chi connectivity index (χ1) is 5.67. The van der Waals surface area contributed by atoms with Crippen LogP contribution in [-0.2, 0) is 0 Å². The fourth-order valence-corrected chi connectivity index (χ4v) is 4.48. The molecule has 0 spiro atoms. The van der Waals surface area contributed by atoms with Crippen LogP contribution in [0.1, 0.15) is 25.7 Å². The molecule has 0 atom stereocenters. The lowest BCUT2D eigenvalue weighted by Gasteiger charge is -2.27. The Bertz CT molecular complexity index is 189. The van der Waals surface area contributed by atoms with E-state index in [2.05, 4.69) is 31.8 Å². The molecule has 0 amide bonds. The van der Waals surface area contributed by atoms with Crippen LogP contribution in [0.15, 0.2) is 23.9 Å². The van der Waals surface area contributed by atoms with Crippen LogP contribution in [0.2, 0.25) is 19.1 Å². The van der Waals surface area contributed by atoms with Crippen LogP contribution in [0.4, 0.5) is 0 Å². The molecular weight excluding hydrogens is 160 g/mol. The molecular formula is C11H20Si. The van der Waals surface area contributed by atoms with Crippen molar-refractivity contribution in [2.45, 2.75) is 44.8 Å². The first-order valence-corrected chi connectivity index (χ1v) is 8.18. The average molecular weight is 180 g/mol. The summed E-state index contributed by atoms with van der Waals surface area (Å²) in [6.45, 7) is 8.78. The molecule has 0 aromatic carbocycles. The Morgan fingerprint density at radius 2 is 2.25 bits per heavy atom. The summed E-state index contributed by atoms with van der Waals surface area (Å²) in [5.74, 6) is 0. The van der Waals surface area contributed by atoms with Gasteiger partial charge in [0.2, 0.25) is 0 Å². The molecule has 0 fully saturated rings. The molecule has 0 N–H and O–H groups in total. The molecule has 0 radical (unpaired) electrons.